The lowest BCUT2D eigenvalue weighted by Gasteiger charge is -2.05. The van der Waals surface area contributed by atoms with Crippen molar-refractivity contribution in [2.24, 2.45) is 7.05 Å². The van der Waals surface area contributed by atoms with Crippen LogP contribution in [-0.2, 0) is 7.05 Å². The molecule has 0 aliphatic carbocycles. The highest BCUT2D eigenvalue weighted by atomic mass is 16.5. The molecule has 130 valence electrons. The Labute approximate surface area is 150 Å². The Hall–Kier alpha value is -3.54. The van der Waals surface area contributed by atoms with E-state index in [1.54, 1.807) is 24.9 Å². The molecule has 0 fully saturated rings. The zero-order valence-electron chi connectivity index (χ0n) is 14.5. The number of aromatic amines is 1. The topological polar surface area (TPSA) is 71.9 Å². The first-order valence-corrected chi connectivity index (χ1v) is 8.21. The van der Waals surface area contributed by atoms with Crippen molar-refractivity contribution in [3.63, 3.8) is 0 Å². The van der Waals surface area contributed by atoms with Crippen molar-refractivity contribution in [1.29, 1.82) is 0 Å². The normalized spacial score (nSPS) is 10.8. The number of fused-ring (bicyclic) bond motifs is 1. The minimum Gasteiger partial charge on any atom is -0.497 e. The fraction of sp³-hybridized carbons (Fsp3) is 0.100. The summed E-state index contributed by atoms with van der Waals surface area (Å²) in [7, 11) is 3.39. The Morgan fingerprint density at radius 3 is 2.69 bits per heavy atom. The number of aryl methyl sites for hydroxylation is 1. The summed E-state index contributed by atoms with van der Waals surface area (Å²) in [6.45, 7) is 0. The molecule has 0 unspecified atom stereocenters. The predicted octanol–water partition coefficient (Wildman–Crippen LogP) is 3.83. The van der Waals surface area contributed by atoms with E-state index in [-0.39, 0.29) is 5.91 Å². The van der Waals surface area contributed by atoms with Gasteiger partial charge in [0.05, 0.1) is 12.8 Å². The van der Waals surface area contributed by atoms with Gasteiger partial charge < -0.3 is 15.0 Å². The second kappa shape index (κ2) is 6.40. The highest BCUT2D eigenvalue weighted by Crippen LogP contribution is 2.23. The summed E-state index contributed by atoms with van der Waals surface area (Å²) in [6.07, 6.45) is 1.87. The molecule has 4 rings (SSSR count). The van der Waals surface area contributed by atoms with Crippen LogP contribution in [0.2, 0.25) is 0 Å². The lowest BCUT2D eigenvalue weighted by Crippen LogP contribution is -2.15. The van der Waals surface area contributed by atoms with Crippen LogP contribution in [0.15, 0.2) is 60.8 Å². The summed E-state index contributed by atoms with van der Waals surface area (Å²) >= 11 is 0. The molecule has 0 bridgehead atoms. The van der Waals surface area contributed by atoms with Crippen LogP contribution in [-0.4, -0.2) is 27.8 Å². The fourth-order valence-corrected chi connectivity index (χ4v) is 2.91. The third kappa shape index (κ3) is 2.93. The average molecular weight is 346 g/mol. The van der Waals surface area contributed by atoms with Crippen molar-refractivity contribution < 1.29 is 9.53 Å². The molecule has 0 atom stereocenters. The average Bonchev–Trinajstić information content (AvgIpc) is 3.27. The van der Waals surface area contributed by atoms with E-state index in [1.807, 2.05) is 54.7 Å². The molecule has 0 saturated heterocycles. The first-order valence-electron chi connectivity index (χ1n) is 8.21. The number of anilines is 1. The predicted molar refractivity (Wildman–Crippen MR) is 101 cm³/mol. The molecule has 26 heavy (non-hydrogen) atoms. The van der Waals surface area contributed by atoms with Gasteiger partial charge in [0.2, 0.25) is 0 Å². The molecule has 0 spiro atoms. The minimum absolute atomic E-state index is 0.199. The number of hydrogen-bond donors (Lipinski definition) is 2. The summed E-state index contributed by atoms with van der Waals surface area (Å²) in [6, 6.07) is 17.1. The maximum atomic E-state index is 12.7. The Bertz CT molecular complexity index is 1080. The number of amides is 1. The van der Waals surface area contributed by atoms with Gasteiger partial charge in [-0.25, -0.2) is 0 Å². The van der Waals surface area contributed by atoms with Crippen LogP contribution >= 0.6 is 0 Å². The summed E-state index contributed by atoms with van der Waals surface area (Å²) in [5, 5.41) is 8.43. The van der Waals surface area contributed by atoms with Crippen LogP contribution in [0.4, 0.5) is 5.69 Å². The molecule has 2 N–H and O–H groups in total. The molecule has 0 saturated carbocycles. The van der Waals surface area contributed by atoms with Crippen LogP contribution in [0, 0.1) is 0 Å². The highest BCUT2D eigenvalue weighted by molar-refractivity contribution is 6.04. The fourth-order valence-electron chi connectivity index (χ4n) is 2.91. The lowest BCUT2D eigenvalue weighted by molar-refractivity contribution is 0.101. The van der Waals surface area contributed by atoms with Gasteiger partial charge in [0.25, 0.3) is 5.91 Å². The Morgan fingerprint density at radius 1 is 1.12 bits per heavy atom. The Balaban J connectivity index is 1.58. The standard InChI is InChI=1S/C20H18N4O2/c1-24-19(12-18(23-24)13-3-6-16(26-2)7-4-13)20(25)22-15-5-8-17-14(11-15)9-10-21-17/h3-12,21H,1-2H3,(H,22,25). The zero-order valence-corrected chi connectivity index (χ0v) is 14.5. The van der Waals surface area contributed by atoms with Gasteiger partial charge in [0.1, 0.15) is 11.4 Å². The van der Waals surface area contributed by atoms with Gasteiger partial charge in [0.15, 0.2) is 0 Å². The van der Waals surface area contributed by atoms with Crippen molar-refractivity contribution >= 4 is 22.5 Å². The number of carbonyl (C=O) groups is 1. The van der Waals surface area contributed by atoms with Crippen molar-refractivity contribution in [1.82, 2.24) is 14.8 Å². The molecule has 2 aromatic heterocycles. The van der Waals surface area contributed by atoms with Gasteiger partial charge in [0, 0.05) is 35.4 Å². The minimum atomic E-state index is -0.199. The number of ether oxygens (including phenoxy) is 1. The van der Waals surface area contributed by atoms with E-state index in [4.69, 9.17) is 4.74 Å². The quantitative estimate of drug-likeness (QED) is 0.590. The zero-order chi connectivity index (χ0) is 18.1. The summed E-state index contributed by atoms with van der Waals surface area (Å²) < 4.78 is 6.76. The summed E-state index contributed by atoms with van der Waals surface area (Å²) in [5.74, 6) is 0.581. The van der Waals surface area contributed by atoms with Crippen LogP contribution in [0.3, 0.4) is 0 Å². The monoisotopic (exact) mass is 346 g/mol. The molecule has 0 radical (unpaired) electrons. The van der Waals surface area contributed by atoms with Gasteiger partial charge >= 0.3 is 0 Å². The number of benzene rings is 2. The van der Waals surface area contributed by atoms with E-state index in [1.165, 1.54) is 0 Å². The lowest BCUT2D eigenvalue weighted by atomic mass is 10.1. The molecule has 6 heteroatoms. The largest absolute Gasteiger partial charge is 0.497 e. The Kier molecular flexibility index (Phi) is 3.93. The Morgan fingerprint density at radius 2 is 1.92 bits per heavy atom. The molecule has 0 aliphatic rings. The molecular weight excluding hydrogens is 328 g/mol. The number of rotatable bonds is 4. The van der Waals surface area contributed by atoms with Gasteiger partial charge in [-0.05, 0) is 54.6 Å². The van der Waals surface area contributed by atoms with Crippen LogP contribution < -0.4 is 10.1 Å². The second-order valence-corrected chi connectivity index (χ2v) is 6.00. The third-order valence-corrected chi connectivity index (χ3v) is 4.31. The molecule has 1 amide bonds. The molecule has 2 aromatic carbocycles. The molecule has 6 nitrogen and oxygen atoms in total. The maximum Gasteiger partial charge on any atom is 0.273 e. The number of nitrogens with zero attached hydrogens (tertiary/aromatic N) is 2. The van der Waals surface area contributed by atoms with E-state index < -0.39 is 0 Å². The molecule has 4 aromatic rings. The van der Waals surface area contributed by atoms with Gasteiger partial charge in [-0.2, -0.15) is 5.10 Å². The SMILES string of the molecule is COc1ccc(-c2cc(C(=O)Nc3ccc4[nH]ccc4c3)n(C)n2)cc1. The number of carbonyl (C=O) groups excluding carboxylic acids is 1. The van der Waals surface area contributed by atoms with Crippen molar-refractivity contribution in [3.8, 4) is 17.0 Å². The maximum absolute atomic E-state index is 12.7. The first-order chi connectivity index (χ1) is 12.6. The third-order valence-electron chi connectivity index (χ3n) is 4.31. The summed E-state index contributed by atoms with van der Waals surface area (Å²) in [5.41, 5.74) is 3.93. The van der Waals surface area contributed by atoms with Crippen molar-refractivity contribution in [3.05, 3.63) is 66.5 Å². The number of aromatic nitrogens is 3. The van der Waals surface area contributed by atoms with E-state index in [0.717, 1.165) is 33.6 Å². The summed E-state index contributed by atoms with van der Waals surface area (Å²) in [4.78, 5) is 15.8. The van der Waals surface area contributed by atoms with E-state index in [0.29, 0.717) is 5.69 Å². The first kappa shape index (κ1) is 16.0. The van der Waals surface area contributed by atoms with Crippen LogP contribution in [0.25, 0.3) is 22.2 Å². The van der Waals surface area contributed by atoms with Crippen molar-refractivity contribution in [2.45, 2.75) is 0 Å². The van der Waals surface area contributed by atoms with E-state index >= 15 is 0 Å². The number of hydrogen-bond acceptors (Lipinski definition) is 3. The second-order valence-electron chi connectivity index (χ2n) is 6.00. The van der Waals surface area contributed by atoms with Gasteiger partial charge in [-0.15, -0.1) is 0 Å². The smallest absolute Gasteiger partial charge is 0.273 e. The number of methoxy groups -OCH3 is 1. The van der Waals surface area contributed by atoms with E-state index in [2.05, 4.69) is 15.4 Å². The molecule has 2 heterocycles. The van der Waals surface area contributed by atoms with Crippen LogP contribution in [0.1, 0.15) is 10.5 Å². The van der Waals surface area contributed by atoms with Crippen LogP contribution in [0.5, 0.6) is 5.75 Å². The molecule has 0 aliphatic heterocycles. The highest BCUT2D eigenvalue weighted by Gasteiger charge is 2.15. The molecular formula is C20H18N4O2. The van der Waals surface area contributed by atoms with Crippen molar-refractivity contribution in [2.75, 3.05) is 12.4 Å². The van der Waals surface area contributed by atoms with Gasteiger partial charge in [-0.3, -0.25) is 9.48 Å². The van der Waals surface area contributed by atoms with E-state index in [9.17, 15) is 4.79 Å². The number of H-pyrrole nitrogens is 1. The number of nitrogens with one attached hydrogen (secondary N) is 2. The van der Waals surface area contributed by atoms with Gasteiger partial charge in [-0.1, -0.05) is 0 Å².